The fraction of sp³-hybridized carbons (Fsp3) is 0.533. The van der Waals surface area contributed by atoms with Crippen LogP contribution < -0.4 is 4.90 Å². The van der Waals surface area contributed by atoms with Gasteiger partial charge in [-0.3, -0.25) is 4.79 Å². The van der Waals surface area contributed by atoms with E-state index in [-0.39, 0.29) is 24.1 Å². The van der Waals surface area contributed by atoms with Crippen LogP contribution in [0.25, 0.3) is 0 Å². The molecule has 1 aliphatic rings. The van der Waals surface area contributed by atoms with E-state index in [4.69, 9.17) is 0 Å². The third-order valence-corrected chi connectivity index (χ3v) is 3.69. The van der Waals surface area contributed by atoms with Gasteiger partial charge in [0, 0.05) is 25.9 Å². The fourth-order valence-corrected chi connectivity index (χ4v) is 3.01. The van der Waals surface area contributed by atoms with E-state index in [0.29, 0.717) is 13.0 Å². The Hall–Kier alpha value is -1.55. The number of aliphatic hydroxyl groups excluding tert-OH is 1. The maximum atomic E-state index is 12.4. The number of carbonyl (C=O) groups excluding carboxylic acids is 1. The summed E-state index contributed by atoms with van der Waals surface area (Å²) in [5.74, 6) is 0.0808. The maximum Gasteiger partial charge on any atom is 0.245 e. The van der Waals surface area contributed by atoms with E-state index < -0.39 is 0 Å². The Bertz CT molecular complexity index is 445. The van der Waals surface area contributed by atoms with Crippen molar-refractivity contribution in [2.75, 3.05) is 25.1 Å². The number of hydrogen-bond donors (Lipinski definition) is 1. The van der Waals surface area contributed by atoms with Gasteiger partial charge in [-0.2, -0.15) is 0 Å². The number of amides is 1. The van der Waals surface area contributed by atoms with E-state index in [1.807, 2.05) is 37.4 Å². The molecule has 1 saturated heterocycles. The second-order valence-corrected chi connectivity index (χ2v) is 5.74. The average Bonchev–Trinajstić information content (AvgIpc) is 2.36. The monoisotopic (exact) mass is 262 g/mol. The molecule has 1 heterocycles. The molecule has 1 aromatic carbocycles. The maximum absolute atomic E-state index is 12.4. The highest BCUT2D eigenvalue weighted by atomic mass is 16.3. The van der Waals surface area contributed by atoms with Crippen LogP contribution in [0.2, 0.25) is 0 Å². The van der Waals surface area contributed by atoms with Crippen molar-refractivity contribution < 1.29 is 9.90 Å². The molecular formula is C15H22N2O2. The zero-order chi connectivity index (χ0) is 14.0. The molecule has 0 bridgehead atoms. The molecule has 2 rings (SSSR count). The largest absolute Gasteiger partial charge is 0.396 e. The highest BCUT2D eigenvalue weighted by Gasteiger charge is 2.43. The first kappa shape index (κ1) is 13.9. The molecule has 0 radical (unpaired) electrons. The van der Waals surface area contributed by atoms with E-state index in [9.17, 15) is 9.90 Å². The summed E-state index contributed by atoms with van der Waals surface area (Å²) in [6.07, 6.45) is 0.460. The Morgan fingerprint density at radius 3 is 2.53 bits per heavy atom. The number of carbonyl (C=O) groups is 1. The number of para-hydroxylation sites is 1. The number of anilines is 1. The third kappa shape index (κ3) is 2.59. The molecule has 1 unspecified atom stereocenters. The topological polar surface area (TPSA) is 43.8 Å². The van der Waals surface area contributed by atoms with Crippen LogP contribution in [0.4, 0.5) is 5.69 Å². The van der Waals surface area contributed by atoms with Crippen LogP contribution >= 0.6 is 0 Å². The third-order valence-electron chi connectivity index (χ3n) is 3.69. The molecule has 0 aliphatic carbocycles. The van der Waals surface area contributed by atoms with Gasteiger partial charge in [-0.1, -0.05) is 18.2 Å². The first-order chi connectivity index (χ1) is 8.97. The van der Waals surface area contributed by atoms with Crippen molar-refractivity contribution in [2.45, 2.75) is 31.8 Å². The summed E-state index contributed by atoms with van der Waals surface area (Å²) < 4.78 is 0. The SMILES string of the molecule is CN1CC(C)(C)N(c2ccccc2)C(CCO)C1=O. The van der Waals surface area contributed by atoms with Crippen molar-refractivity contribution in [3.05, 3.63) is 30.3 Å². The van der Waals surface area contributed by atoms with Gasteiger partial charge in [0.2, 0.25) is 5.91 Å². The quantitative estimate of drug-likeness (QED) is 0.897. The van der Waals surface area contributed by atoms with Gasteiger partial charge in [0.1, 0.15) is 6.04 Å². The molecule has 0 saturated carbocycles. The van der Waals surface area contributed by atoms with Crippen LogP contribution in [-0.2, 0) is 4.79 Å². The van der Waals surface area contributed by atoms with Gasteiger partial charge in [0.25, 0.3) is 0 Å². The summed E-state index contributed by atoms with van der Waals surface area (Å²) in [5.41, 5.74) is 0.886. The van der Waals surface area contributed by atoms with Crippen LogP contribution in [0.5, 0.6) is 0 Å². The lowest BCUT2D eigenvalue weighted by molar-refractivity contribution is -0.135. The van der Waals surface area contributed by atoms with Crippen LogP contribution in [-0.4, -0.2) is 47.7 Å². The van der Waals surface area contributed by atoms with Gasteiger partial charge in [-0.25, -0.2) is 0 Å². The van der Waals surface area contributed by atoms with Gasteiger partial charge in [0.05, 0.1) is 5.54 Å². The molecule has 1 amide bonds. The van der Waals surface area contributed by atoms with Crippen LogP contribution in [0.3, 0.4) is 0 Å². The van der Waals surface area contributed by atoms with Gasteiger partial charge < -0.3 is 14.9 Å². The predicted octanol–water partition coefficient (Wildman–Crippen LogP) is 1.49. The number of hydrogen-bond acceptors (Lipinski definition) is 3. The van der Waals surface area contributed by atoms with E-state index >= 15 is 0 Å². The summed E-state index contributed by atoms with van der Waals surface area (Å²) in [6.45, 7) is 4.97. The first-order valence-electron chi connectivity index (χ1n) is 6.67. The predicted molar refractivity (Wildman–Crippen MR) is 76.1 cm³/mol. The molecule has 1 N–H and O–H groups in total. The highest BCUT2D eigenvalue weighted by molar-refractivity contribution is 5.87. The number of nitrogens with zero attached hydrogens (tertiary/aromatic N) is 2. The Labute approximate surface area is 114 Å². The minimum Gasteiger partial charge on any atom is -0.396 e. The smallest absolute Gasteiger partial charge is 0.245 e. The molecule has 4 heteroatoms. The molecule has 19 heavy (non-hydrogen) atoms. The van der Waals surface area contributed by atoms with Crippen molar-refractivity contribution in [1.29, 1.82) is 0 Å². The van der Waals surface area contributed by atoms with Gasteiger partial charge in [0.15, 0.2) is 0 Å². The molecule has 1 aliphatic heterocycles. The lowest BCUT2D eigenvalue weighted by atomic mass is 9.92. The summed E-state index contributed by atoms with van der Waals surface area (Å²) >= 11 is 0. The molecule has 1 aromatic rings. The number of piperazine rings is 1. The number of aliphatic hydroxyl groups is 1. The van der Waals surface area contributed by atoms with Gasteiger partial charge in [-0.05, 0) is 32.4 Å². The summed E-state index contributed by atoms with van der Waals surface area (Å²) in [6, 6.07) is 9.67. The summed E-state index contributed by atoms with van der Waals surface area (Å²) in [4.78, 5) is 16.3. The molecule has 0 aromatic heterocycles. The van der Waals surface area contributed by atoms with Crippen molar-refractivity contribution in [3.8, 4) is 0 Å². The zero-order valence-corrected chi connectivity index (χ0v) is 11.8. The van der Waals surface area contributed by atoms with Crippen LogP contribution in [0.1, 0.15) is 20.3 Å². The molecule has 4 nitrogen and oxygen atoms in total. The zero-order valence-electron chi connectivity index (χ0n) is 11.8. The average molecular weight is 262 g/mol. The lowest BCUT2D eigenvalue weighted by Gasteiger charge is -2.51. The standard InChI is InChI=1S/C15H22N2O2/c1-15(2)11-16(3)14(19)13(9-10-18)17(15)12-7-5-4-6-8-12/h4-8,13,18H,9-11H2,1-3H3. The van der Waals surface area contributed by atoms with Crippen LogP contribution in [0, 0.1) is 0 Å². The van der Waals surface area contributed by atoms with Crippen molar-refractivity contribution >= 4 is 11.6 Å². The van der Waals surface area contributed by atoms with E-state index in [0.717, 1.165) is 5.69 Å². The molecule has 1 fully saturated rings. The molecular weight excluding hydrogens is 240 g/mol. The summed E-state index contributed by atoms with van der Waals surface area (Å²) in [7, 11) is 1.83. The van der Waals surface area contributed by atoms with Gasteiger partial charge in [-0.15, -0.1) is 0 Å². The van der Waals surface area contributed by atoms with E-state index in [2.05, 4.69) is 18.7 Å². The molecule has 104 valence electrons. The molecule has 0 spiro atoms. The summed E-state index contributed by atoms with van der Waals surface area (Å²) in [5, 5.41) is 9.26. The Morgan fingerprint density at radius 1 is 1.32 bits per heavy atom. The number of rotatable bonds is 3. The Kier molecular flexibility index (Phi) is 3.80. The second-order valence-electron chi connectivity index (χ2n) is 5.74. The highest BCUT2D eigenvalue weighted by Crippen LogP contribution is 2.32. The lowest BCUT2D eigenvalue weighted by Crippen LogP contribution is -2.66. The number of benzene rings is 1. The molecule has 1 atom stereocenters. The van der Waals surface area contributed by atoms with Crippen molar-refractivity contribution in [1.82, 2.24) is 4.90 Å². The minimum absolute atomic E-state index is 0.0175. The van der Waals surface area contributed by atoms with Crippen molar-refractivity contribution in [2.24, 2.45) is 0 Å². The first-order valence-corrected chi connectivity index (χ1v) is 6.67. The Balaban J connectivity index is 2.42. The fourth-order valence-electron chi connectivity index (χ4n) is 3.01. The van der Waals surface area contributed by atoms with E-state index in [1.54, 1.807) is 4.90 Å². The minimum atomic E-state index is -0.291. The Morgan fingerprint density at radius 2 is 1.95 bits per heavy atom. The number of likely N-dealkylation sites (N-methyl/N-ethyl adjacent to an activating group) is 1. The van der Waals surface area contributed by atoms with Crippen molar-refractivity contribution in [3.63, 3.8) is 0 Å². The van der Waals surface area contributed by atoms with Crippen LogP contribution in [0.15, 0.2) is 30.3 Å². The van der Waals surface area contributed by atoms with E-state index in [1.165, 1.54) is 0 Å². The normalized spacial score (nSPS) is 22.7. The second kappa shape index (κ2) is 5.21. The van der Waals surface area contributed by atoms with Gasteiger partial charge >= 0.3 is 0 Å².